The number of aromatic nitrogens is 2. The molecule has 0 aliphatic carbocycles. The number of hydrogen-bond acceptors (Lipinski definition) is 5. The highest BCUT2D eigenvalue weighted by Crippen LogP contribution is 2.31. The van der Waals surface area contributed by atoms with Crippen LogP contribution < -0.4 is 14.3 Å². The van der Waals surface area contributed by atoms with Crippen molar-refractivity contribution in [2.75, 3.05) is 0 Å². The van der Waals surface area contributed by atoms with Crippen LogP contribution in [-0.4, -0.2) is 9.78 Å². The fourth-order valence-electron chi connectivity index (χ4n) is 1.41. The summed E-state index contributed by atoms with van der Waals surface area (Å²) in [6, 6.07) is 10.2. The maximum atomic E-state index is 10.6. The number of nitrogens with zero attached hydrogens (tertiary/aromatic N) is 2. The molecule has 0 saturated carbocycles. The zero-order valence-electron chi connectivity index (χ0n) is 8.94. The van der Waals surface area contributed by atoms with Gasteiger partial charge in [-0.15, -0.1) is 0 Å². The topological polar surface area (TPSA) is 90.2 Å². The van der Waals surface area contributed by atoms with Gasteiger partial charge >= 0.3 is 0 Å². The predicted molar refractivity (Wildman–Crippen MR) is 56.5 cm³/mol. The third-order valence-electron chi connectivity index (χ3n) is 2.00. The maximum Gasteiger partial charge on any atom is 0.220 e. The molecule has 0 fully saturated rings. The fraction of sp³-hybridized carbons (Fsp3) is 0.100. The summed E-state index contributed by atoms with van der Waals surface area (Å²) in [5, 5.41) is 4.06. The Hall–Kier alpha value is -1.62. The molecule has 7 heteroatoms. The molecule has 0 atom stereocenters. The van der Waals surface area contributed by atoms with Crippen molar-refractivity contribution in [3.8, 4) is 11.6 Å². The van der Waals surface area contributed by atoms with Gasteiger partial charge in [-0.3, -0.25) is 0 Å². The molecule has 90 valence electrons. The maximum absolute atomic E-state index is 10.6. The summed E-state index contributed by atoms with van der Waals surface area (Å²) in [5.41, 5.74) is 1.17. The minimum Gasteiger partial charge on any atom is -0.780 e. The van der Waals surface area contributed by atoms with Gasteiger partial charge in [-0.1, -0.05) is 18.2 Å². The Morgan fingerprint density at radius 2 is 1.94 bits per heavy atom. The van der Waals surface area contributed by atoms with Gasteiger partial charge in [-0.25, -0.2) is 4.68 Å². The molecule has 1 aromatic carbocycles. The van der Waals surface area contributed by atoms with E-state index in [9.17, 15) is 14.4 Å². The molecular formula is C10H9N2O4P-2. The van der Waals surface area contributed by atoms with E-state index in [0.29, 0.717) is 11.4 Å². The summed E-state index contributed by atoms with van der Waals surface area (Å²) < 4.78 is 16.2. The van der Waals surface area contributed by atoms with Crippen LogP contribution in [0.1, 0.15) is 5.69 Å². The average Bonchev–Trinajstić information content (AvgIpc) is 2.58. The molecule has 0 amide bonds. The average molecular weight is 252 g/mol. The standard InChI is InChI=1S/C10H11N2O4P/c1-8-7-10(16-17(13,14)15)12(11-8)9-5-3-2-4-6-9/h2-7H,1H3,(H2,13,14,15)/p-2. The van der Waals surface area contributed by atoms with E-state index < -0.39 is 7.82 Å². The molecule has 0 radical (unpaired) electrons. The zero-order chi connectivity index (χ0) is 12.5. The Kier molecular flexibility index (Phi) is 3.02. The Balaban J connectivity index is 2.45. The van der Waals surface area contributed by atoms with Crippen LogP contribution in [0.15, 0.2) is 36.4 Å². The van der Waals surface area contributed by atoms with Crippen molar-refractivity contribution in [3.05, 3.63) is 42.1 Å². The largest absolute Gasteiger partial charge is 0.780 e. The molecule has 0 aliphatic rings. The number of aryl methyl sites for hydroxylation is 1. The first-order chi connectivity index (χ1) is 7.96. The molecule has 2 rings (SSSR count). The molecule has 0 N–H and O–H groups in total. The van der Waals surface area contributed by atoms with E-state index in [4.69, 9.17) is 0 Å². The Labute approximate surface area is 97.7 Å². The molecule has 6 nitrogen and oxygen atoms in total. The Morgan fingerprint density at radius 3 is 2.53 bits per heavy atom. The van der Waals surface area contributed by atoms with Crippen LogP contribution >= 0.6 is 7.82 Å². The molecule has 0 aliphatic heterocycles. The summed E-state index contributed by atoms with van der Waals surface area (Å²) in [6.07, 6.45) is 0. The molecule has 0 spiro atoms. The Morgan fingerprint density at radius 1 is 1.29 bits per heavy atom. The third-order valence-corrected chi connectivity index (χ3v) is 2.42. The smallest absolute Gasteiger partial charge is 0.220 e. The monoisotopic (exact) mass is 252 g/mol. The zero-order valence-corrected chi connectivity index (χ0v) is 9.83. The summed E-state index contributed by atoms with van der Waals surface area (Å²) in [5.74, 6) is -0.109. The Bertz CT molecular complexity index is 561. The van der Waals surface area contributed by atoms with Crippen LogP contribution in [0.2, 0.25) is 0 Å². The van der Waals surface area contributed by atoms with Crippen LogP contribution in [0, 0.1) is 6.92 Å². The van der Waals surface area contributed by atoms with Crippen molar-refractivity contribution in [2.45, 2.75) is 6.92 Å². The lowest BCUT2D eigenvalue weighted by Crippen LogP contribution is -2.19. The second-order valence-corrected chi connectivity index (χ2v) is 4.49. The lowest BCUT2D eigenvalue weighted by atomic mass is 10.3. The number of phosphoric ester groups is 1. The second-order valence-electron chi connectivity index (χ2n) is 3.41. The fourth-order valence-corrected chi connectivity index (χ4v) is 1.77. The minimum absolute atomic E-state index is 0.109. The molecular weight excluding hydrogens is 243 g/mol. The van der Waals surface area contributed by atoms with Gasteiger partial charge in [0.25, 0.3) is 0 Å². The molecule has 1 heterocycles. The normalized spacial score (nSPS) is 11.5. The van der Waals surface area contributed by atoms with Crippen molar-refractivity contribution in [3.63, 3.8) is 0 Å². The molecule has 1 aromatic heterocycles. The lowest BCUT2D eigenvalue weighted by molar-refractivity contribution is -0.334. The number of benzene rings is 1. The van der Waals surface area contributed by atoms with Gasteiger partial charge in [0.15, 0.2) is 0 Å². The lowest BCUT2D eigenvalue weighted by Gasteiger charge is -2.28. The van der Waals surface area contributed by atoms with Gasteiger partial charge in [0, 0.05) is 6.07 Å². The van der Waals surface area contributed by atoms with E-state index >= 15 is 0 Å². The van der Waals surface area contributed by atoms with Crippen molar-refractivity contribution in [2.24, 2.45) is 0 Å². The van der Waals surface area contributed by atoms with E-state index in [0.717, 1.165) is 0 Å². The number of para-hydroxylation sites is 1. The SMILES string of the molecule is Cc1cc(OP(=O)([O-])[O-])n(-c2ccccc2)n1. The van der Waals surface area contributed by atoms with Gasteiger partial charge in [-0.05, 0) is 19.1 Å². The van der Waals surface area contributed by atoms with Crippen LogP contribution in [0.25, 0.3) is 5.69 Å². The van der Waals surface area contributed by atoms with E-state index in [1.807, 2.05) is 6.07 Å². The summed E-state index contributed by atoms with van der Waals surface area (Å²) >= 11 is 0. The third kappa shape index (κ3) is 2.94. The number of phosphoric acid groups is 1. The van der Waals surface area contributed by atoms with Crippen molar-refractivity contribution in [1.82, 2.24) is 9.78 Å². The van der Waals surface area contributed by atoms with Gasteiger partial charge in [0.1, 0.15) is 7.82 Å². The van der Waals surface area contributed by atoms with Gasteiger partial charge in [0.2, 0.25) is 5.88 Å². The molecule has 0 saturated heterocycles. The number of hydrogen-bond donors (Lipinski definition) is 0. The van der Waals surface area contributed by atoms with E-state index in [2.05, 4.69) is 9.62 Å². The van der Waals surface area contributed by atoms with Crippen LogP contribution in [-0.2, 0) is 4.57 Å². The quantitative estimate of drug-likeness (QED) is 0.737. The highest BCUT2D eigenvalue weighted by atomic mass is 31.2. The summed E-state index contributed by atoms with van der Waals surface area (Å²) in [6.45, 7) is 1.67. The summed E-state index contributed by atoms with van der Waals surface area (Å²) in [7, 11) is -5.08. The molecule has 0 bridgehead atoms. The molecule has 17 heavy (non-hydrogen) atoms. The van der Waals surface area contributed by atoms with E-state index in [1.54, 1.807) is 31.2 Å². The highest BCUT2D eigenvalue weighted by Gasteiger charge is 2.09. The van der Waals surface area contributed by atoms with Gasteiger partial charge in [-0.2, -0.15) is 5.10 Å². The van der Waals surface area contributed by atoms with Crippen molar-refractivity contribution < 1.29 is 18.9 Å². The number of rotatable bonds is 3. The summed E-state index contributed by atoms with van der Waals surface area (Å²) in [4.78, 5) is 21.2. The van der Waals surface area contributed by atoms with Crippen LogP contribution in [0.3, 0.4) is 0 Å². The van der Waals surface area contributed by atoms with E-state index in [1.165, 1.54) is 10.7 Å². The van der Waals surface area contributed by atoms with Crippen molar-refractivity contribution in [1.29, 1.82) is 0 Å². The predicted octanol–water partition coefficient (Wildman–Crippen LogP) is 0.388. The molecule has 2 aromatic rings. The van der Waals surface area contributed by atoms with Crippen LogP contribution in [0.5, 0.6) is 5.88 Å². The first-order valence-corrected chi connectivity index (χ1v) is 6.25. The first-order valence-electron chi connectivity index (χ1n) is 4.79. The van der Waals surface area contributed by atoms with Crippen molar-refractivity contribution >= 4 is 7.82 Å². The minimum atomic E-state index is -5.08. The van der Waals surface area contributed by atoms with Gasteiger partial charge in [0.05, 0.1) is 11.4 Å². The molecule has 0 unspecified atom stereocenters. The first kappa shape index (κ1) is 11.9. The second kappa shape index (κ2) is 4.33. The van der Waals surface area contributed by atoms with Crippen LogP contribution in [0.4, 0.5) is 0 Å². The van der Waals surface area contributed by atoms with E-state index in [-0.39, 0.29) is 5.88 Å². The van der Waals surface area contributed by atoms with Gasteiger partial charge < -0.3 is 18.9 Å². The highest BCUT2D eigenvalue weighted by molar-refractivity contribution is 7.43.